The van der Waals surface area contributed by atoms with E-state index in [-0.39, 0.29) is 0 Å². The first-order valence-corrected chi connectivity index (χ1v) is 3.96. The molecule has 0 amide bonds. The summed E-state index contributed by atoms with van der Waals surface area (Å²) in [5.74, 6) is 0. The van der Waals surface area contributed by atoms with Gasteiger partial charge in [-0.3, -0.25) is 9.78 Å². The maximum Gasteiger partial charge on any atom is 0.169 e. The number of hydrogen-bond acceptors (Lipinski definition) is 2. The maximum atomic E-state index is 10.2. The third kappa shape index (κ3) is 1.67. The Morgan fingerprint density at radius 1 is 1.70 bits per heavy atom. The van der Waals surface area contributed by atoms with Gasteiger partial charge in [0.25, 0.3) is 0 Å². The number of rotatable bonds is 1. The minimum absolute atomic E-state index is 0.294. The van der Waals surface area contributed by atoms with Crippen LogP contribution in [0.25, 0.3) is 0 Å². The molecule has 0 spiro atoms. The normalized spacial score (nSPS) is 9.40. The molecule has 0 aliphatic rings. The number of nitrogens with zero attached hydrogens (tertiary/aromatic N) is 1. The van der Waals surface area contributed by atoms with Crippen LogP contribution in [0.1, 0.15) is 10.5 Å². The minimum atomic E-state index is 0.294. The molecule has 2 nitrogen and oxygen atoms in total. The molecule has 52 valence electrons. The average Bonchev–Trinajstić information content (AvgIpc) is 1.88. The zero-order chi connectivity index (χ0) is 7.56. The highest BCUT2D eigenvalue weighted by atomic mass is 127. The Balaban J connectivity index is 3.19. The molecule has 0 N–H and O–H groups in total. The summed E-state index contributed by atoms with van der Waals surface area (Å²) in [6.07, 6.45) is 2.23. The highest BCUT2D eigenvalue weighted by Gasteiger charge is 1.98. The largest absolute Gasteiger partial charge is 0.296 e. The summed E-state index contributed by atoms with van der Waals surface area (Å²) >= 11 is 7.71. The zero-order valence-electron chi connectivity index (χ0n) is 4.84. The SMILES string of the molecule is O=Cc1ncc(I)cc1Cl. The third-order valence-electron chi connectivity index (χ3n) is 0.948. The quantitative estimate of drug-likeness (QED) is 0.576. The first-order chi connectivity index (χ1) is 4.74. The van der Waals surface area contributed by atoms with E-state index in [2.05, 4.69) is 27.6 Å². The zero-order valence-corrected chi connectivity index (χ0v) is 7.76. The fourth-order valence-corrected chi connectivity index (χ4v) is 1.36. The van der Waals surface area contributed by atoms with Gasteiger partial charge in [-0.15, -0.1) is 0 Å². The molecule has 0 aliphatic carbocycles. The molecule has 0 fully saturated rings. The van der Waals surface area contributed by atoms with Crippen LogP contribution in [-0.2, 0) is 0 Å². The van der Waals surface area contributed by atoms with Crippen molar-refractivity contribution in [2.24, 2.45) is 0 Å². The van der Waals surface area contributed by atoms with E-state index < -0.39 is 0 Å². The van der Waals surface area contributed by atoms with Gasteiger partial charge in [-0.05, 0) is 28.7 Å². The summed E-state index contributed by atoms with van der Waals surface area (Å²) in [5.41, 5.74) is 0.294. The van der Waals surface area contributed by atoms with Crippen molar-refractivity contribution in [3.63, 3.8) is 0 Å². The van der Waals surface area contributed by atoms with Crippen molar-refractivity contribution in [1.82, 2.24) is 4.98 Å². The summed E-state index contributed by atoms with van der Waals surface area (Å²) in [4.78, 5) is 14.0. The van der Waals surface area contributed by atoms with Crippen LogP contribution in [0.15, 0.2) is 12.3 Å². The lowest BCUT2D eigenvalue weighted by Gasteiger charge is -1.93. The van der Waals surface area contributed by atoms with Crippen LogP contribution < -0.4 is 0 Å². The molecule has 0 unspecified atom stereocenters. The van der Waals surface area contributed by atoms with E-state index in [1.54, 1.807) is 12.3 Å². The molecule has 0 saturated carbocycles. The molecule has 1 rings (SSSR count). The predicted octanol–water partition coefficient (Wildman–Crippen LogP) is 2.15. The number of carbonyl (C=O) groups excluding carboxylic acids is 1. The topological polar surface area (TPSA) is 30.0 Å². The molecular weight excluding hydrogens is 264 g/mol. The van der Waals surface area contributed by atoms with Crippen LogP contribution in [0, 0.1) is 3.57 Å². The highest BCUT2D eigenvalue weighted by Crippen LogP contribution is 2.14. The van der Waals surface area contributed by atoms with Crippen molar-refractivity contribution >= 4 is 40.5 Å². The fourth-order valence-electron chi connectivity index (χ4n) is 0.512. The summed E-state index contributed by atoms with van der Waals surface area (Å²) in [6.45, 7) is 0. The molecule has 0 saturated heterocycles. The minimum Gasteiger partial charge on any atom is -0.296 e. The lowest BCUT2D eigenvalue weighted by molar-refractivity contribution is 0.111. The van der Waals surface area contributed by atoms with E-state index in [1.807, 2.05) is 0 Å². The van der Waals surface area contributed by atoms with Crippen LogP contribution >= 0.6 is 34.2 Å². The van der Waals surface area contributed by atoms with E-state index in [9.17, 15) is 4.79 Å². The number of carbonyl (C=O) groups is 1. The molecule has 0 bridgehead atoms. The van der Waals surface area contributed by atoms with E-state index in [0.717, 1.165) is 3.57 Å². The molecular formula is C6H3ClINO. The third-order valence-corrected chi connectivity index (χ3v) is 1.84. The van der Waals surface area contributed by atoms with Crippen LogP contribution in [0.2, 0.25) is 5.02 Å². The van der Waals surface area contributed by atoms with Crippen LogP contribution in [0.4, 0.5) is 0 Å². The molecule has 10 heavy (non-hydrogen) atoms. The van der Waals surface area contributed by atoms with E-state index in [1.165, 1.54) is 0 Å². The lowest BCUT2D eigenvalue weighted by atomic mass is 10.4. The van der Waals surface area contributed by atoms with E-state index in [4.69, 9.17) is 11.6 Å². The Morgan fingerprint density at radius 2 is 2.40 bits per heavy atom. The molecule has 0 atom stereocenters. The highest BCUT2D eigenvalue weighted by molar-refractivity contribution is 14.1. The van der Waals surface area contributed by atoms with Crippen molar-refractivity contribution in [3.8, 4) is 0 Å². The number of aldehydes is 1. The first-order valence-electron chi connectivity index (χ1n) is 2.50. The second-order valence-corrected chi connectivity index (χ2v) is 3.29. The molecule has 1 aromatic heterocycles. The van der Waals surface area contributed by atoms with Crippen LogP contribution in [0.3, 0.4) is 0 Å². The summed E-state index contributed by atoms with van der Waals surface area (Å²) < 4.78 is 0.924. The fraction of sp³-hybridized carbons (Fsp3) is 0. The summed E-state index contributed by atoms with van der Waals surface area (Å²) in [6, 6.07) is 1.69. The predicted molar refractivity (Wildman–Crippen MR) is 47.4 cm³/mol. The van der Waals surface area contributed by atoms with Gasteiger partial charge in [-0.2, -0.15) is 0 Å². The Kier molecular flexibility index (Phi) is 2.62. The van der Waals surface area contributed by atoms with Gasteiger partial charge in [0.1, 0.15) is 5.69 Å². The van der Waals surface area contributed by atoms with Gasteiger partial charge in [0.05, 0.1) is 5.02 Å². The standard InChI is InChI=1S/C6H3ClINO/c7-5-1-4(8)2-9-6(5)3-10/h1-3H. The Bertz CT molecular complexity index is 264. The van der Waals surface area contributed by atoms with Crippen LogP contribution in [-0.4, -0.2) is 11.3 Å². The second-order valence-electron chi connectivity index (χ2n) is 1.64. The first kappa shape index (κ1) is 7.94. The van der Waals surface area contributed by atoms with Gasteiger partial charge in [0.15, 0.2) is 6.29 Å². The molecule has 1 aromatic rings. The molecule has 1 heterocycles. The molecule has 4 heteroatoms. The van der Waals surface area contributed by atoms with Crippen LogP contribution in [0.5, 0.6) is 0 Å². The second kappa shape index (κ2) is 3.30. The maximum absolute atomic E-state index is 10.2. The number of halogens is 2. The van der Waals surface area contributed by atoms with Gasteiger partial charge in [0.2, 0.25) is 0 Å². The lowest BCUT2D eigenvalue weighted by Crippen LogP contribution is -1.87. The number of hydrogen-bond donors (Lipinski definition) is 0. The molecule has 0 aliphatic heterocycles. The smallest absolute Gasteiger partial charge is 0.169 e. The van der Waals surface area contributed by atoms with Gasteiger partial charge >= 0.3 is 0 Å². The Labute approximate surface area is 76.7 Å². The van der Waals surface area contributed by atoms with Crippen molar-refractivity contribution < 1.29 is 4.79 Å². The monoisotopic (exact) mass is 267 g/mol. The van der Waals surface area contributed by atoms with Crippen molar-refractivity contribution in [2.75, 3.05) is 0 Å². The summed E-state index contributed by atoms with van der Waals surface area (Å²) in [7, 11) is 0. The molecule has 0 radical (unpaired) electrons. The van der Waals surface area contributed by atoms with Gasteiger partial charge in [-0.1, -0.05) is 11.6 Å². The number of aromatic nitrogens is 1. The van der Waals surface area contributed by atoms with Crippen molar-refractivity contribution in [3.05, 3.63) is 26.5 Å². The van der Waals surface area contributed by atoms with E-state index in [0.29, 0.717) is 17.0 Å². The Morgan fingerprint density at radius 3 is 2.90 bits per heavy atom. The van der Waals surface area contributed by atoms with Gasteiger partial charge in [0, 0.05) is 9.77 Å². The summed E-state index contributed by atoms with van der Waals surface area (Å²) in [5, 5.41) is 0.405. The van der Waals surface area contributed by atoms with Gasteiger partial charge < -0.3 is 0 Å². The Hall–Kier alpha value is -0.160. The molecule has 0 aromatic carbocycles. The number of pyridine rings is 1. The van der Waals surface area contributed by atoms with Crippen molar-refractivity contribution in [2.45, 2.75) is 0 Å². The van der Waals surface area contributed by atoms with E-state index >= 15 is 0 Å². The average molecular weight is 267 g/mol. The van der Waals surface area contributed by atoms with Crippen molar-refractivity contribution in [1.29, 1.82) is 0 Å². The van der Waals surface area contributed by atoms with Gasteiger partial charge in [-0.25, -0.2) is 0 Å².